The van der Waals surface area contributed by atoms with Gasteiger partial charge in [0.25, 0.3) is 0 Å². The van der Waals surface area contributed by atoms with Gasteiger partial charge in [-0.05, 0) is 12.3 Å². The highest BCUT2D eigenvalue weighted by Gasteiger charge is 2.34. The molecule has 0 radical (unpaired) electrons. The van der Waals surface area contributed by atoms with Crippen molar-refractivity contribution in [3.8, 4) is 0 Å². The molecule has 8 heteroatoms. The molecule has 0 aliphatic carbocycles. The number of phosphoric ester groups is 1. The van der Waals surface area contributed by atoms with E-state index in [9.17, 15) is 9.46 Å². The summed E-state index contributed by atoms with van der Waals surface area (Å²) >= 11 is 1.72. The van der Waals surface area contributed by atoms with Crippen LogP contribution in [0.1, 0.15) is 13.3 Å². The van der Waals surface area contributed by atoms with Gasteiger partial charge in [-0.1, -0.05) is 6.92 Å². The fraction of sp³-hybridized carbons (Fsp3) is 1.00. The molecule has 17 heavy (non-hydrogen) atoms. The van der Waals surface area contributed by atoms with Crippen LogP contribution in [0.25, 0.3) is 0 Å². The molecule has 5 unspecified atom stereocenters. The molecule has 98 valence electrons. The molecule has 2 heterocycles. The lowest BCUT2D eigenvalue weighted by atomic mass is 9.92. The maximum Gasteiger partial charge on any atom is 0.472 e. The Bertz CT molecular complexity index is 314. The number of thioether (sulfide) groups is 1. The van der Waals surface area contributed by atoms with Crippen LogP contribution in [0.15, 0.2) is 0 Å². The van der Waals surface area contributed by atoms with Crippen molar-refractivity contribution in [2.45, 2.75) is 30.7 Å². The van der Waals surface area contributed by atoms with E-state index >= 15 is 0 Å². The second kappa shape index (κ2) is 5.64. The maximum absolute atomic E-state index is 11.5. The zero-order chi connectivity index (χ0) is 12.5. The van der Waals surface area contributed by atoms with Gasteiger partial charge >= 0.3 is 7.82 Å². The quantitative estimate of drug-likeness (QED) is 0.437. The largest absolute Gasteiger partial charge is 0.472 e. The third-order valence-electron chi connectivity index (χ3n) is 2.97. The Morgan fingerprint density at radius 1 is 1.53 bits per heavy atom. The zero-order valence-electron chi connectivity index (χ0n) is 10.1. The Hall–Kier alpha value is 0.485. The molecule has 2 fully saturated rings. The molecule has 5 nitrogen and oxygen atoms in total. The van der Waals surface area contributed by atoms with Crippen LogP contribution in [0.2, 0.25) is 0 Å². The number of rotatable bonds is 6. The van der Waals surface area contributed by atoms with Crippen LogP contribution < -0.4 is 0 Å². The highest BCUT2D eigenvalue weighted by atomic mass is 32.2. The summed E-state index contributed by atoms with van der Waals surface area (Å²) in [4.78, 5) is 9.45. The molecule has 2 aliphatic rings. The smallest absolute Gasteiger partial charge is 0.381 e. The van der Waals surface area contributed by atoms with E-state index in [1.165, 1.54) is 0 Å². The second-order valence-electron chi connectivity index (χ2n) is 4.71. The number of ether oxygens (including phenoxy) is 1. The predicted molar refractivity (Wildman–Crippen MR) is 69.0 cm³/mol. The van der Waals surface area contributed by atoms with E-state index in [0.29, 0.717) is 11.2 Å². The van der Waals surface area contributed by atoms with Gasteiger partial charge in [0.15, 0.2) is 0 Å². The number of hydrogen-bond acceptors (Lipinski definition) is 5. The van der Waals surface area contributed by atoms with Gasteiger partial charge in [0.1, 0.15) is 7.85 Å². The fourth-order valence-electron chi connectivity index (χ4n) is 1.91. The van der Waals surface area contributed by atoms with Crippen LogP contribution in [-0.2, 0) is 18.3 Å². The third-order valence-corrected chi connectivity index (χ3v) is 4.86. The lowest BCUT2D eigenvalue weighted by Gasteiger charge is -2.17. The summed E-state index contributed by atoms with van der Waals surface area (Å²) in [5.41, 5.74) is 0. The highest BCUT2D eigenvalue weighted by Crippen LogP contribution is 2.46. The monoisotopic (exact) mass is 280 g/mol. The van der Waals surface area contributed by atoms with Crippen molar-refractivity contribution in [3.63, 3.8) is 0 Å². The molecule has 0 aromatic rings. The summed E-state index contributed by atoms with van der Waals surface area (Å²) in [6, 6.07) is 0.195. The van der Waals surface area contributed by atoms with E-state index in [-0.39, 0.29) is 25.3 Å². The normalized spacial score (nSPS) is 40.1. The Morgan fingerprint density at radius 2 is 2.18 bits per heavy atom. The Kier molecular flexibility index (Phi) is 4.61. The Labute approximate surface area is 107 Å². The molecule has 2 rings (SSSR count). The Balaban J connectivity index is 1.70. The topological polar surface area (TPSA) is 65.0 Å². The summed E-state index contributed by atoms with van der Waals surface area (Å²) in [5.74, 6) is 1.35. The summed E-state index contributed by atoms with van der Waals surface area (Å²) in [6.45, 7) is 2.47. The van der Waals surface area contributed by atoms with Crippen molar-refractivity contribution < 1.29 is 23.2 Å². The molecule has 0 amide bonds. The van der Waals surface area contributed by atoms with Gasteiger partial charge in [-0.2, -0.15) is 11.8 Å². The average Bonchev–Trinajstić information content (AvgIpc) is 3.00. The SMILES string of the molecule is BC1CC(C)C(COP(=O)(O)OCC2CS2)O1. The standard InChI is InChI=1S/C9H18BO5PS/c1-6-2-9(10)15-8(6)4-14-16(11,12)13-3-7-5-17-7/h6-9H,2-5,10H2,1H3,(H,11,12). The van der Waals surface area contributed by atoms with E-state index < -0.39 is 7.82 Å². The minimum atomic E-state index is -3.90. The van der Waals surface area contributed by atoms with Gasteiger partial charge in [0.2, 0.25) is 0 Å². The summed E-state index contributed by atoms with van der Waals surface area (Å²) in [5, 5.41) is 0.362. The van der Waals surface area contributed by atoms with Gasteiger partial charge in [0, 0.05) is 17.0 Å². The van der Waals surface area contributed by atoms with Crippen LogP contribution >= 0.6 is 19.6 Å². The maximum atomic E-state index is 11.5. The molecule has 0 aromatic heterocycles. The third kappa shape index (κ3) is 4.58. The zero-order valence-corrected chi connectivity index (χ0v) is 11.8. The van der Waals surface area contributed by atoms with Gasteiger partial charge < -0.3 is 9.63 Å². The van der Waals surface area contributed by atoms with Crippen molar-refractivity contribution in [2.75, 3.05) is 19.0 Å². The molecule has 5 atom stereocenters. The van der Waals surface area contributed by atoms with E-state index in [2.05, 4.69) is 6.92 Å². The lowest BCUT2D eigenvalue weighted by Crippen LogP contribution is -2.21. The molecule has 0 aromatic carbocycles. The first-order chi connectivity index (χ1) is 7.96. The number of hydrogen-bond donors (Lipinski definition) is 1. The predicted octanol–water partition coefficient (Wildman–Crippen LogP) is 0.620. The van der Waals surface area contributed by atoms with E-state index in [1.807, 2.05) is 7.85 Å². The minimum absolute atomic E-state index is 0.107. The van der Waals surface area contributed by atoms with Crippen LogP contribution in [0, 0.1) is 5.92 Å². The highest BCUT2D eigenvalue weighted by molar-refractivity contribution is 8.06. The van der Waals surface area contributed by atoms with Crippen molar-refractivity contribution >= 4 is 27.4 Å². The molecule has 2 aliphatic heterocycles. The van der Waals surface area contributed by atoms with Gasteiger partial charge in [-0.15, -0.1) is 0 Å². The lowest BCUT2D eigenvalue weighted by molar-refractivity contribution is 0.0232. The molecule has 1 N–H and O–H groups in total. The van der Waals surface area contributed by atoms with E-state index in [4.69, 9.17) is 13.8 Å². The van der Waals surface area contributed by atoms with Crippen molar-refractivity contribution in [3.05, 3.63) is 0 Å². The van der Waals surface area contributed by atoms with E-state index in [1.54, 1.807) is 11.8 Å². The van der Waals surface area contributed by atoms with Gasteiger partial charge in [0.05, 0.1) is 19.3 Å². The van der Waals surface area contributed by atoms with Gasteiger partial charge in [-0.3, -0.25) is 9.05 Å². The Morgan fingerprint density at radius 3 is 2.71 bits per heavy atom. The fourth-order valence-corrected chi connectivity index (χ4v) is 3.19. The van der Waals surface area contributed by atoms with Crippen LogP contribution in [0.4, 0.5) is 0 Å². The van der Waals surface area contributed by atoms with Crippen molar-refractivity contribution in [1.82, 2.24) is 0 Å². The minimum Gasteiger partial charge on any atom is -0.381 e. The first-order valence-corrected chi connectivity index (χ1v) is 8.39. The molecule has 0 bridgehead atoms. The first kappa shape index (κ1) is 13.9. The molecule has 0 saturated carbocycles. The molecular weight excluding hydrogens is 262 g/mol. The molecule has 2 saturated heterocycles. The second-order valence-corrected chi connectivity index (χ2v) is 7.50. The van der Waals surface area contributed by atoms with Crippen LogP contribution in [-0.4, -0.2) is 49.1 Å². The summed E-state index contributed by atoms with van der Waals surface area (Å²) in [6.07, 6.45) is 0.855. The summed E-state index contributed by atoms with van der Waals surface area (Å²) < 4.78 is 27.0. The summed E-state index contributed by atoms with van der Waals surface area (Å²) in [7, 11) is -1.90. The first-order valence-electron chi connectivity index (χ1n) is 5.85. The average molecular weight is 280 g/mol. The van der Waals surface area contributed by atoms with Crippen LogP contribution in [0.5, 0.6) is 0 Å². The van der Waals surface area contributed by atoms with Crippen molar-refractivity contribution in [1.29, 1.82) is 0 Å². The van der Waals surface area contributed by atoms with Crippen LogP contribution in [0.3, 0.4) is 0 Å². The molecular formula is C9H18BO5PS. The van der Waals surface area contributed by atoms with Crippen molar-refractivity contribution in [2.24, 2.45) is 5.92 Å². The molecule has 0 spiro atoms. The van der Waals surface area contributed by atoms with Gasteiger partial charge in [-0.25, -0.2) is 4.57 Å². The van der Waals surface area contributed by atoms with E-state index in [0.717, 1.165) is 12.2 Å². The number of phosphoric acid groups is 1.